The number of rotatable bonds is 7. The molecule has 0 unspecified atom stereocenters. The van der Waals surface area contributed by atoms with Crippen molar-refractivity contribution in [2.24, 2.45) is 27.3 Å². The van der Waals surface area contributed by atoms with Crippen LogP contribution in [0.25, 0.3) is 0 Å². The first-order valence-corrected chi connectivity index (χ1v) is 8.72. The number of hydrogen-bond acceptors (Lipinski definition) is 7. The maximum Gasteiger partial charge on any atom is 0.297 e. The highest BCUT2D eigenvalue weighted by molar-refractivity contribution is 7.98. The predicted molar refractivity (Wildman–Crippen MR) is 82.3 cm³/mol. The molecule has 0 atom stereocenters. The molecule has 12 heteroatoms. The summed E-state index contributed by atoms with van der Waals surface area (Å²) >= 11 is 2.82. The fourth-order valence-corrected chi connectivity index (χ4v) is 3.04. The van der Waals surface area contributed by atoms with Crippen molar-refractivity contribution in [1.82, 2.24) is 9.71 Å². The van der Waals surface area contributed by atoms with Gasteiger partial charge in [0.2, 0.25) is 5.13 Å². The zero-order valence-electron chi connectivity index (χ0n) is 10.3. The second-order valence-corrected chi connectivity index (χ2v) is 6.64. The smallest absolute Gasteiger partial charge is 0.297 e. The van der Waals surface area contributed by atoms with E-state index in [0.717, 1.165) is 5.69 Å². The van der Waals surface area contributed by atoms with Crippen LogP contribution in [-0.4, -0.2) is 25.1 Å². The molecule has 0 saturated carbocycles. The summed E-state index contributed by atoms with van der Waals surface area (Å²) in [5, 5.41) is 7.10. The SMILES string of the molecule is NC(N)=Nc1nc(CSC/C=C(\N)NS(N)(=O)=O)cs1. The highest BCUT2D eigenvalue weighted by Crippen LogP contribution is 2.21. The Bertz CT molecular complexity index is 603. The van der Waals surface area contributed by atoms with E-state index in [9.17, 15) is 8.42 Å². The minimum Gasteiger partial charge on any atom is -0.385 e. The second kappa shape index (κ2) is 7.33. The van der Waals surface area contributed by atoms with Crippen molar-refractivity contribution in [1.29, 1.82) is 0 Å². The summed E-state index contributed by atoms with van der Waals surface area (Å²) in [4.78, 5) is 8.02. The van der Waals surface area contributed by atoms with Gasteiger partial charge < -0.3 is 17.2 Å². The van der Waals surface area contributed by atoms with Crippen LogP contribution in [0.3, 0.4) is 0 Å². The third kappa shape index (κ3) is 7.18. The van der Waals surface area contributed by atoms with Gasteiger partial charge >= 0.3 is 0 Å². The Morgan fingerprint density at radius 1 is 1.50 bits per heavy atom. The van der Waals surface area contributed by atoms with E-state index >= 15 is 0 Å². The maximum absolute atomic E-state index is 10.7. The van der Waals surface area contributed by atoms with Gasteiger partial charge in [0.25, 0.3) is 10.2 Å². The van der Waals surface area contributed by atoms with E-state index < -0.39 is 10.2 Å². The first kappa shape index (κ1) is 16.6. The van der Waals surface area contributed by atoms with E-state index in [2.05, 4.69) is 9.98 Å². The summed E-state index contributed by atoms with van der Waals surface area (Å²) in [7, 11) is -3.82. The molecule has 0 radical (unpaired) electrons. The average molecular weight is 337 g/mol. The number of nitrogens with two attached hydrogens (primary N) is 4. The molecule has 0 saturated heterocycles. The molecule has 20 heavy (non-hydrogen) atoms. The molecule has 0 aliphatic heterocycles. The van der Waals surface area contributed by atoms with Crippen LogP contribution in [0.2, 0.25) is 0 Å². The molecule has 0 amide bonds. The Kier molecular flexibility index (Phi) is 6.06. The van der Waals surface area contributed by atoms with Gasteiger partial charge in [0, 0.05) is 16.9 Å². The normalized spacial score (nSPS) is 12.2. The lowest BCUT2D eigenvalue weighted by Gasteiger charge is -2.02. The summed E-state index contributed by atoms with van der Waals surface area (Å²) < 4.78 is 23.3. The van der Waals surface area contributed by atoms with E-state index in [1.54, 1.807) is 0 Å². The fraction of sp³-hybridized carbons (Fsp3) is 0.250. The van der Waals surface area contributed by atoms with Gasteiger partial charge in [0.1, 0.15) is 5.82 Å². The Labute approximate surface area is 124 Å². The van der Waals surface area contributed by atoms with Gasteiger partial charge in [-0.2, -0.15) is 25.2 Å². The molecular formula is C8H15N7O2S3. The summed E-state index contributed by atoms with van der Waals surface area (Å²) in [6, 6.07) is 0. The van der Waals surface area contributed by atoms with Crippen LogP contribution in [0, 0.1) is 0 Å². The van der Waals surface area contributed by atoms with Crippen LogP contribution in [0.5, 0.6) is 0 Å². The van der Waals surface area contributed by atoms with E-state index in [1.165, 1.54) is 29.2 Å². The molecule has 0 aliphatic rings. The molecule has 9 N–H and O–H groups in total. The maximum atomic E-state index is 10.7. The molecule has 1 rings (SSSR count). The first-order valence-electron chi connectivity index (χ1n) is 5.14. The van der Waals surface area contributed by atoms with Crippen molar-refractivity contribution < 1.29 is 8.42 Å². The van der Waals surface area contributed by atoms with Gasteiger partial charge in [-0.15, -0.1) is 11.3 Å². The monoisotopic (exact) mass is 337 g/mol. The minimum atomic E-state index is -3.82. The van der Waals surface area contributed by atoms with Gasteiger partial charge in [0.05, 0.1) is 5.69 Å². The first-order chi connectivity index (χ1) is 9.26. The molecule has 1 aromatic heterocycles. The molecule has 0 spiro atoms. The van der Waals surface area contributed by atoms with Gasteiger partial charge in [-0.3, -0.25) is 4.72 Å². The van der Waals surface area contributed by atoms with Crippen molar-refractivity contribution in [2.45, 2.75) is 5.75 Å². The zero-order chi connectivity index (χ0) is 15.2. The molecular weight excluding hydrogens is 322 g/mol. The van der Waals surface area contributed by atoms with Gasteiger partial charge in [0.15, 0.2) is 5.96 Å². The van der Waals surface area contributed by atoms with Gasteiger partial charge in [-0.05, 0) is 6.08 Å². The Hall–Kier alpha value is -1.50. The Balaban J connectivity index is 2.40. The molecule has 1 heterocycles. The van der Waals surface area contributed by atoms with E-state index in [4.69, 9.17) is 22.3 Å². The zero-order valence-corrected chi connectivity index (χ0v) is 12.8. The summed E-state index contributed by atoms with van der Waals surface area (Å²) in [5.41, 5.74) is 16.7. The van der Waals surface area contributed by atoms with Gasteiger partial charge in [-0.1, -0.05) is 0 Å². The number of hydrogen-bond donors (Lipinski definition) is 5. The number of nitrogens with zero attached hydrogens (tertiary/aromatic N) is 2. The number of thiazole rings is 1. The topological polar surface area (TPSA) is 176 Å². The van der Waals surface area contributed by atoms with Crippen molar-refractivity contribution in [3.63, 3.8) is 0 Å². The van der Waals surface area contributed by atoms with Gasteiger partial charge in [-0.25, -0.2) is 10.1 Å². The number of nitrogens with one attached hydrogen (secondary N) is 1. The highest BCUT2D eigenvalue weighted by Gasteiger charge is 2.02. The Morgan fingerprint density at radius 3 is 2.80 bits per heavy atom. The van der Waals surface area contributed by atoms with Crippen LogP contribution < -0.4 is 27.1 Å². The van der Waals surface area contributed by atoms with Crippen LogP contribution in [-0.2, 0) is 16.0 Å². The fourth-order valence-electron chi connectivity index (χ4n) is 1.04. The largest absolute Gasteiger partial charge is 0.385 e. The summed E-state index contributed by atoms with van der Waals surface area (Å²) in [6.45, 7) is 0. The summed E-state index contributed by atoms with van der Waals surface area (Å²) in [6.07, 6.45) is 1.51. The summed E-state index contributed by atoms with van der Waals surface area (Å²) in [5.74, 6) is 1.07. The highest BCUT2D eigenvalue weighted by atomic mass is 32.2. The van der Waals surface area contributed by atoms with E-state index in [0.29, 0.717) is 16.6 Å². The lowest BCUT2D eigenvalue weighted by atomic mass is 10.6. The average Bonchev–Trinajstić information content (AvgIpc) is 2.68. The van der Waals surface area contributed by atoms with Crippen molar-refractivity contribution in [3.8, 4) is 0 Å². The standard InChI is InChI=1S/C8H15N7O2S3/c9-6(15-20(12,16)17)1-2-18-3-5-4-19-8(13-5)14-7(10)11/h1,4,15H,2-3,9H2,(H2,12,16,17)(H4,10,11,13,14)/b6-1+. The lowest BCUT2D eigenvalue weighted by molar-refractivity contribution is 0.590. The Morgan fingerprint density at radius 2 is 2.20 bits per heavy atom. The van der Waals surface area contributed by atoms with Crippen LogP contribution >= 0.6 is 23.1 Å². The number of guanidine groups is 1. The molecule has 1 aromatic rings. The van der Waals surface area contributed by atoms with E-state index in [1.807, 2.05) is 10.1 Å². The van der Waals surface area contributed by atoms with Crippen LogP contribution in [0.1, 0.15) is 5.69 Å². The van der Waals surface area contributed by atoms with Crippen LogP contribution in [0.4, 0.5) is 5.13 Å². The van der Waals surface area contributed by atoms with E-state index in [-0.39, 0.29) is 11.8 Å². The van der Waals surface area contributed by atoms with Crippen molar-refractivity contribution >= 4 is 44.4 Å². The molecule has 0 aliphatic carbocycles. The molecule has 0 bridgehead atoms. The van der Waals surface area contributed by atoms with Crippen molar-refractivity contribution in [3.05, 3.63) is 23.0 Å². The lowest BCUT2D eigenvalue weighted by Crippen LogP contribution is -2.33. The third-order valence-corrected chi connectivity index (χ3v) is 3.90. The molecule has 0 fully saturated rings. The number of aromatic nitrogens is 1. The quantitative estimate of drug-likeness (QED) is 0.237. The minimum absolute atomic E-state index is 0.0144. The van der Waals surface area contributed by atoms with Crippen molar-refractivity contribution in [2.75, 3.05) is 5.75 Å². The number of thioether (sulfide) groups is 1. The number of aliphatic imine (C=N–C) groups is 1. The third-order valence-electron chi connectivity index (χ3n) is 1.70. The second-order valence-electron chi connectivity index (χ2n) is 3.48. The molecule has 0 aromatic carbocycles. The van der Waals surface area contributed by atoms with Crippen LogP contribution in [0.15, 0.2) is 22.3 Å². The molecule has 9 nitrogen and oxygen atoms in total. The predicted octanol–water partition coefficient (Wildman–Crippen LogP) is -1.13. The molecule has 112 valence electrons.